The summed E-state index contributed by atoms with van der Waals surface area (Å²) < 4.78 is 0. The maximum absolute atomic E-state index is 3.87. The van der Waals surface area contributed by atoms with Gasteiger partial charge >= 0.3 is 0 Å². The molecule has 0 aromatic heterocycles. The molecule has 0 atom stereocenters. The summed E-state index contributed by atoms with van der Waals surface area (Å²) in [5, 5.41) is 3.49. The highest BCUT2D eigenvalue weighted by Gasteiger charge is 2.02. The van der Waals surface area contributed by atoms with Crippen molar-refractivity contribution in [2.24, 2.45) is 0 Å². The van der Waals surface area contributed by atoms with Crippen molar-refractivity contribution in [3.63, 3.8) is 0 Å². The predicted molar refractivity (Wildman–Crippen MR) is 78.3 cm³/mol. The van der Waals surface area contributed by atoms with Crippen LogP contribution in [0.15, 0.2) is 55.1 Å². The standard InChI is InChI=1S/C17H19N/c1-3-16-11-7-8-14(2)17(16)13-18-12-15-9-5-4-6-10-15/h3-11,18H,1,12-13H2,2H3. The number of hydrogen-bond acceptors (Lipinski definition) is 1. The molecule has 2 aromatic carbocycles. The van der Waals surface area contributed by atoms with Crippen LogP contribution in [-0.2, 0) is 13.1 Å². The van der Waals surface area contributed by atoms with Crippen molar-refractivity contribution in [3.8, 4) is 0 Å². The molecule has 18 heavy (non-hydrogen) atoms. The molecule has 0 saturated carbocycles. The fourth-order valence-corrected chi connectivity index (χ4v) is 2.09. The lowest BCUT2D eigenvalue weighted by atomic mass is 10.0. The van der Waals surface area contributed by atoms with Crippen LogP contribution in [0.3, 0.4) is 0 Å². The Balaban J connectivity index is 2.00. The van der Waals surface area contributed by atoms with Crippen LogP contribution in [0, 0.1) is 6.92 Å². The van der Waals surface area contributed by atoms with Crippen molar-refractivity contribution in [3.05, 3.63) is 77.4 Å². The Morgan fingerprint density at radius 3 is 2.50 bits per heavy atom. The van der Waals surface area contributed by atoms with Gasteiger partial charge in [-0.05, 0) is 29.2 Å². The summed E-state index contributed by atoms with van der Waals surface area (Å²) in [5.74, 6) is 0. The lowest BCUT2D eigenvalue weighted by Gasteiger charge is -2.11. The van der Waals surface area contributed by atoms with E-state index in [1.807, 2.05) is 12.1 Å². The molecule has 1 nitrogen and oxygen atoms in total. The van der Waals surface area contributed by atoms with E-state index in [4.69, 9.17) is 0 Å². The maximum Gasteiger partial charge on any atom is 0.0217 e. The first-order valence-electron chi connectivity index (χ1n) is 6.27. The topological polar surface area (TPSA) is 12.0 Å². The minimum atomic E-state index is 0.878. The number of benzene rings is 2. The molecule has 0 unspecified atom stereocenters. The van der Waals surface area contributed by atoms with E-state index in [0.29, 0.717) is 0 Å². The zero-order valence-corrected chi connectivity index (χ0v) is 10.8. The molecule has 0 bridgehead atoms. The van der Waals surface area contributed by atoms with Crippen LogP contribution in [0.2, 0.25) is 0 Å². The maximum atomic E-state index is 3.87. The molecular weight excluding hydrogens is 218 g/mol. The first-order valence-corrected chi connectivity index (χ1v) is 6.27. The van der Waals surface area contributed by atoms with E-state index in [2.05, 4.69) is 61.3 Å². The summed E-state index contributed by atoms with van der Waals surface area (Å²) in [7, 11) is 0. The van der Waals surface area contributed by atoms with Gasteiger partial charge in [0.25, 0.3) is 0 Å². The van der Waals surface area contributed by atoms with Crippen LogP contribution in [0.5, 0.6) is 0 Å². The van der Waals surface area contributed by atoms with Crippen molar-refractivity contribution >= 4 is 6.08 Å². The third kappa shape index (κ3) is 3.08. The summed E-state index contributed by atoms with van der Waals surface area (Å²) in [6.45, 7) is 7.79. The molecule has 0 aliphatic carbocycles. The van der Waals surface area contributed by atoms with Crippen LogP contribution in [0.1, 0.15) is 22.3 Å². The zero-order chi connectivity index (χ0) is 12.8. The fourth-order valence-electron chi connectivity index (χ4n) is 2.09. The second-order valence-corrected chi connectivity index (χ2v) is 4.44. The van der Waals surface area contributed by atoms with Crippen LogP contribution >= 0.6 is 0 Å². The summed E-state index contributed by atoms with van der Waals surface area (Å²) in [6, 6.07) is 16.8. The molecule has 0 radical (unpaired) electrons. The van der Waals surface area contributed by atoms with E-state index in [9.17, 15) is 0 Å². The molecule has 0 heterocycles. The lowest BCUT2D eigenvalue weighted by Crippen LogP contribution is -2.14. The van der Waals surface area contributed by atoms with E-state index in [0.717, 1.165) is 13.1 Å². The normalized spacial score (nSPS) is 10.3. The molecule has 2 aromatic rings. The Bertz CT molecular complexity index is 514. The third-order valence-electron chi connectivity index (χ3n) is 3.14. The smallest absolute Gasteiger partial charge is 0.0217 e. The van der Waals surface area contributed by atoms with Gasteiger partial charge in [0.2, 0.25) is 0 Å². The van der Waals surface area contributed by atoms with Gasteiger partial charge in [-0.3, -0.25) is 0 Å². The average molecular weight is 237 g/mol. The van der Waals surface area contributed by atoms with Crippen molar-refractivity contribution in [1.29, 1.82) is 0 Å². The average Bonchev–Trinajstić information content (AvgIpc) is 2.41. The van der Waals surface area contributed by atoms with Crippen LogP contribution in [-0.4, -0.2) is 0 Å². The molecular formula is C17H19N. The Kier molecular flexibility index (Phi) is 4.32. The van der Waals surface area contributed by atoms with Gasteiger partial charge in [-0.1, -0.05) is 61.2 Å². The molecule has 0 fully saturated rings. The summed E-state index contributed by atoms with van der Waals surface area (Å²) in [4.78, 5) is 0. The summed E-state index contributed by atoms with van der Waals surface area (Å²) in [6.07, 6.45) is 1.92. The molecule has 0 spiro atoms. The minimum absolute atomic E-state index is 0.878. The zero-order valence-electron chi connectivity index (χ0n) is 10.8. The van der Waals surface area contributed by atoms with Crippen molar-refractivity contribution < 1.29 is 0 Å². The Morgan fingerprint density at radius 2 is 1.78 bits per heavy atom. The van der Waals surface area contributed by atoms with Gasteiger partial charge in [-0.25, -0.2) is 0 Å². The second-order valence-electron chi connectivity index (χ2n) is 4.44. The predicted octanol–water partition coefficient (Wildman–Crippen LogP) is 3.93. The van der Waals surface area contributed by atoms with Crippen LogP contribution in [0.4, 0.5) is 0 Å². The summed E-state index contributed by atoms with van der Waals surface area (Å²) in [5.41, 5.74) is 5.18. The first-order chi connectivity index (χ1) is 8.81. The molecule has 92 valence electrons. The quantitative estimate of drug-likeness (QED) is 0.831. The first kappa shape index (κ1) is 12.6. The highest BCUT2D eigenvalue weighted by molar-refractivity contribution is 5.54. The van der Waals surface area contributed by atoms with Gasteiger partial charge in [0.1, 0.15) is 0 Å². The Hall–Kier alpha value is -1.86. The second kappa shape index (κ2) is 6.18. The summed E-state index contributed by atoms with van der Waals surface area (Å²) >= 11 is 0. The van der Waals surface area contributed by atoms with Crippen molar-refractivity contribution in [1.82, 2.24) is 5.32 Å². The minimum Gasteiger partial charge on any atom is -0.309 e. The van der Waals surface area contributed by atoms with E-state index >= 15 is 0 Å². The molecule has 0 aliphatic rings. The number of nitrogens with one attached hydrogen (secondary N) is 1. The SMILES string of the molecule is C=Cc1cccc(C)c1CNCc1ccccc1. The van der Waals surface area contributed by atoms with Crippen molar-refractivity contribution in [2.75, 3.05) is 0 Å². The van der Waals surface area contributed by atoms with E-state index in [-0.39, 0.29) is 0 Å². The molecule has 0 saturated heterocycles. The highest BCUT2D eigenvalue weighted by atomic mass is 14.8. The number of aryl methyl sites for hydroxylation is 1. The largest absolute Gasteiger partial charge is 0.309 e. The van der Waals surface area contributed by atoms with Gasteiger partial charge in [-0.15, -0.1) is 0 Å². The number of hydrogen-bond donors (Lipinski definition) is 1. The van der Waals surface area contributed by atoms with E-state index in [1.165, 1.54) is 22.3 Å². The van der Waals surface area contributed by atoms with E-state index in [1.54, 1.807) is 0 Å². The van der Waals surface area contributed by atoms with Crippen LogP contribution < -0.4 is 5.32 Å². The van der Waals surface area contributed by atoms with Gasteiger partial charge in [0.05, 0.1) is 0 Å². The number of rotatable bonds is 5. The molecule has 1 N–H and O–H groups in total. The Morgan fingerprint density at radius 1 is 1.00 bits per heavy atom. The van der Waals surface area contributed by atoms with Gasteiger partial charge in [0.15, 0.2) is 0 Å². The van der Waals surface area contributed by atoms with Gasteiger partial charge < -0.3 is 5.32 Å². The van der Waals surface area contributed by atoms with Gasteiger partial charge in [0, 0.05) is 13.1 Å². The fraction of sp³-hybridized carbons (Fsp3) is 0.176. The third-order valence-corrected chi connectivity index (χ3v) is 3.14. The van der Waals surface area contributed by atoms with Gasteiger partial charge in [-0.2, -0.15) is 0 Å². The van der Waals surface area contributed by atoms with Crippen LogP contribution in [0.25, 0.3) is 6.08 Å². The van der Waals surface area contributed by atoms with Crippen molar-refractivity contribution in [2.45, 2.75) is 20.0 Å². The van der Waals surface area contributed by atoms with E-state index < -0.39 is 0 Å². The molecule has 1 heteroatoms. The molecule has 2 rings (SSSR count). The molecule has 0 amide bonds. The monoisotopic (exact) mass is 237 g/mol. The highest BCUT2D eigenvalue weighted by Crippen LogP contribution is 2.15. The molecule has 0 aliphatic heterocycles. The Labute approximate surface area is 109 Å². The lowest BCUT2D eigenvalue weighted by molar-refractivity contribution is 0.690.